The Morgan fingerprint density at radius 3 is 2.40 bits per heavy atom. The minimum Gasteiger partial charge on any atom is -0.353 e. The molecule has 0 N–H and O–H groups in total. The SMILES string of the molecule is CCN(CC(=O)N1CCCN(c2ccc(-c3ccccc3Cl)nn2)CC1)C(=O)Cc1ccccc1. The molecule has 1 fully saturated rings. The van der Waals surface area contributed by atoms with Gasteiger partial charge in [0.05, 0.1) is 23.7 Å². The lowest BCUT2D eigenvalue weighted by molar-refractivity contribution is -0.139. The van der Waals surface area contributed by atoms with Crippen molar-refractivity contribution < 1.29 is 9.59 Å². The Hall–Kier alpha value is -3.45. The second kappa shape index (κ2) is 11.8. The molecule has 0 atom stereocenters. The predicted octanol–water partition coefficient (Wildman–Crippen LogP) is 3.93. The van der Waals surface area contributed by atoms with Crippen LogP contribution in [0, 0.1) is 0 Å². The van der Waals surface area contributed by atoms with Crippen LogP contribution in [0.4, 0.5) is 5.82 Å². The van der Waals surface area contributed by atoms with E-state index >= 15 is 0 Å². The Labute approximate surface area is 211 Å². The Morgan fingerprint density at radius 2 is 1.69 bits per heavy atom. The maximum Gasteiger partial charge on any atom is 0.242 e. The van der Waals surface area contributed by atoms with Crippen molar-refractivity contribution in [3.8, 4) is 11.3 Å². The number of amides is 2. The maximum atomic E-state index is 13.0. The van der Waals surface area contributed by atoms with Gasteiger partial charge in [0.1, 0.15) is 0 Å². The molecular weight excluding hydrogens is 462 g/mol. The fraction of sp³-hybridized carbons (Fsp3) is 0.333. The molecule has 2 amide bonds. The molecule has 3 aromatic rings. The zero-order chi connectivity index (χ0) is 24.6. The zero-order valence-corrected chi connectivity index (χ0v) is 20.7. The third-order valence-electron chi connectivity index (χ3n) is 6.23. The summed E-state index contributed by atoms with van der Waals surface area (Å²) in [4.78, 5) is 31.4. The molecule has 0 radical (unpaired) electrons. The van der Waals surface area contributed by atoms with E-state index in [2.05, 4.69) is 15.1 Å². The number of anilines is 1. The molecule has 0 bridgehead atoms. The van der Waals surface area contributed by atoms with Gasteiger partial charge in [-0.05, 0) is 37.1 Å². The number of aromatic nitrogens is 2. The quantitative estimate of drug-likeness (QED) is 0.501. The first-order valence-electron chi connectivity index (χ1n) is 12.0. The molecule has 1 aliphatic heterocycles. The van der Waals surface area contributed by atoms with Crippen LogP contribution in [-0.2, 0) is 16.0 Å². The molecular formula is C27H30ClN5O2. The van der Waals surface area contributed by atoms with E-state index in [0.717, 1.165) is 35.6 Å². The highest BCUT2D eigenvalue weighted by Crippen LogP contribution is 2.26. The molecule has 0 unspecified atom stereocenters. The molecule has 182 valence electrons. The Kier molecular flexibility index (Phi) is 8.32. The molecule has 0 saturated carbocycles. The topological polar surface area (TPSA) is 69.6 Å². The van der Waals surface area contributed by atoms with E-state index in [4.69, 9.17) is 11.6 Å². The maximum absolute atomic E-state index is 13.0. The van der Waals surface area contributed by atoms with Crippen molar-refractivity contribution >= 4 is 29.2 Å². The van der Waals surface area contributed by atoms with Crippen molar-refractivity contribution in [3.63, 3.8) is 0 Å². The number of hydrogen-bond acceptors (Lipinski definition) is 5. The molecule has 7 nitrogen and oxygen atoms in total. The van der Waals surface area contributed by atoms with Crippen LogP contribution < -0.4 is 4.90 Å². The summed E-state index contributed by atoms with van der Waals surface area (Å²) in [6, 6.07) is 21.1. The van der Waals surface area contributed by atoms with E-state index in [1.807, 2.05) is 78.6 Å². The average molecular weight is 492 g/mol. The predicted molar refractivity (Wildman–Crippen MR) is 138 cm³/mol. The van der Waals surface area contributed by atoms with Crippen LogP contribution in [0.25, 0.3) is 11.3 Å². The summed E-state index contributed by atoms with van der Waals surface area (Å²) in [6.45, 7) is 5.21. The van der Waals surface area contributed by atoms with Gasteiger partial charge in [-0.15, -0.1) is 10.2 Å². The molecule has 1 aliphatic rings. The van der Waals surface area contributed by atoms with Gasteiger partial charge in [-0.1, -0.05) is 60.1 Å². The summed E-state index contributed by atoms with van der Waals surface area (Å²) in [7, 11) is 0. The van der Waals surface area contributed by atoms with E-state index in [1.54, 1.807) is 4.90 Å². The minimum atomic E-state index is -0.0302. The van der Waals surface area contributed by atoms with Crippen molar-refractivity contribution in [3.05, 3.63) is 77.3 Å². The number of nitrogens with zero attached hydrogens (tertiary/aromatic N) is 5. The van der Waals surface area contributed by atoms with Crippen molar-refractivity contribution in [2.45, 2.75) is 19.8 Å². The second-order valence-corrected chi connectivity index (χ2v) is 8.96. The van der Waals surface area contributed by atoms with Gasteiger partial charge in [-0.2, -0.15) is 0 Å². The summed E-state index contributed by atoms with van der Waals surface area (Å²) in [5, 5.41) is 9.43. The highest BCUT2D eigenvalue weighted by atomic mass is 35.5. The van der Waals surface area contributed by atoms with E-state index < -0.39 is 0 Å². The Morgan fingerprint density at radius 1 is 0.914 bits per heavy atom. The van der Waals surface area contributed by atoms with Crippen molar-refractivity contribution in [1.29, 1.82) is 0 Å². The van der Waals surface area contributed by atoms with Gasteiger partial charge in [0.2, 0.25) is 11.8 Å². The molecule has 2 aromatic carbocycles. The van der Waals surface area contributed by atoms with Gasteiger partial charge in [0, 0.05) is 38.3 Å². The van der Waals surface area contributed by atoms with Gasteiger partial charge < -0.3 is 14.7 Å². The second-order valence-electron chi connectivity index (χ2n) is 8.55. The first kappa shape index (κ1) is 24.7. The van der Waals surface area contributed by atoms with Gasteiger partial charge in [-0.25, -0.2) is 0 Å². The molecule has 35 heavy (non-hydrogen) atoms. The smallest absolute Gasteiger partial charge is 0.242 e. The number of rotatable bonds is 7. The first-order chi connectivity index (χ1) is 17.0. The summed E-state index contributed by atoms with van der Waals surface area (Å²) in [5.74, 6) is 0.732. The Balaban J connectivity index is 1.33. The number of hydrogen-bond donors (Lipinski definition) is 0. The van der Waals surface area contributed by atoms with Crippen LogP contribution in [0.2, 0.25) is 5.02 Å². The number of halogens is 1. The largest absolute Gasteiger partial charge is 0.353 e. The standard InChI is InChI=1S/C27H30ClN5O2/c1-2-31(26(34)19-21-9-4-3-5-10-21)20-27(35)33-16-8-15-32(17-18-33)25-14-13-24(29-30-25)22-11-6-7-12-23(22)28/h3-7,9-14H,2,8,15-20H2,1H3. The molecule has 8 heteroatoms. The van der Waals surface area contributed by atoms with Gasteiger partial charge >= 0.3 is 0 Å². The third-order valence-corrected chi connectivity index (χ3v) is 6.56. The third kappa shape index (κ3) is 6.36. The van der Waals surface area contributed by atoms with Crippen LogP contribution >= 0.6 is 11.6 Å². The lowest BCUT2D eigenvalue weighted by atomic mass is 10.1. The normalized spacial score (nSPS) is 13.9. The highest BCUT2D eigenvalue weighted by molar-refractivity contribution is 6.33. The lowest BCUT2D eigenvalue weighted by Crippen LogP contribution is -2.44. The van der Waals surface area contributed by atoms with Crippen LogP contribution in [0.3, 0.4) is 0 Å². The number of likely N-dealkylation sites (N-methyl/N-ethyl adjacent to an activating group) is 1. The average Bonchev–Trinajstić information content (AvgIpc) is 3.15. The van der Waals surface area contributed by atoms with Gasteiger partial charge in [-0.3, -0.25) is 9.59 Å². The fourth-order valence-electron chi connectivity index (χ4n) is 4.22. The van der Waals surface area contributed by atoms with Crippen LogP contribution in [-0.4, -0.2) is 71.1 Å². The van der Waals surface area contributed by atoms with Gasteiger partial charge in [0.25, 0.3) is 0 Å². The molecule has 1 aromatic heterocycles. The van der Waals surface area contributed by atoms with E-state index in [9.17, 15) is 9.59 Å². The summed E-state index contributed by atoms with van der Waals surface area (Å²) >= 11 is 6.28. The van der Waals surface area contributed by atoms with Crippen LogP contribution in [0.15, 0.2) is 66.7 Å². The molecule has 1 saturated heterocycles. The fourth-order valence-corrected chi connectivity index (χ4v) is 4.46. The number of carbonyl (C=O) groups is 2. The number of carbonyl (C=O) groups excluding carboxylic acids is 2. The molecule has 0 spiro atoms. The first-order valence-corrected chi connectivity index (χ1v) is 12.4. The zero-order valence-electron chi connectivity index (χ0n) is 19.9. The van der Waals surface area contributed by atoms with E-state index in [-0.39, 0.29) is 18.4 Å². The molecule has 2 heterocycles. The molecule has 0 aliphatic carbocycles. The van der Waals surface area contributed by atoms with Crippen LogP contribution in [0.1, 0.15) is 18.9 Å². The summed E-state index contributed by atoms with van der Waals surface area (Å²) in [5.41, 5.74) is 2.53. The van der Waals surface area contributed by atoms with E-state index in [0.29, 0.717) is 37.6 Å². The van der Waals surface area contributed by atoms with Crippen LogP contribution in [0.5, 0.6) is 0 Å². The van der Waals surface area contributed by atoms with E-state index in [1.165, 1.54) is 0 Å². The lowest BCUT2D eigenvalue weighted by Gasteiger charge is -2.26. The summed E-state index contributed by atoms with van der Waals surface area (Å²) in [6.07, 6.45) is 1.13. The monoisotopic (exact) mass is 491 g/mol. The highest BCUT2D eigenvalue weighted by Gasteiger charge is 2.23. The summed E-state index contributed by atoms with van der Waals surface area (Å²) < 4.78 is 0. The number of benzene rings is 2. The van der Waals surface area contributed by atoms with Crippen molar-refractivity contribution in [2.75, 3.05) is 44.2 Å². The minimum absolute atomic E-state index is 0.0183. The molecule has 4 rings (SSSR count). The van der Waals surface area contributed by atoms with Gasteiger partial charge in [0.15, 0.2) is 5.82 Å². The Bertz CT molecular complexity index is 1140. The van der Waals surface area contributed by atoms with Crippen molar-refractivity contribution in [1.82, 2.24) is 20.0 Å². The van der Waals surface area contributed by atoms with Crippen molar-refractivity contribution in [2.24, 2.45) is 0 Å².